The Balaban J connectivity index is 1.57. The highest BCUT2D eigenvalue weighted by molar-refractivity contribution is 5.83. The molecule has 4 bridgehead atoms. The third kappa shape index (κ3) is 1.56. The molecule has 5 aliphatic rings. The van der Waals surface area contributed by atoms with Gasteiger partial charge in [0.2, 0.25) is 5.91 Å². The van der Waals surface area contributed by atoms with E-state index in [-0.39, 0.29) is 5.41 Å². The molecule has 5 fully saturated rings. The van der Waals surface area contributed by atoms with E-state index in [1.807, 2.05) is 0 Å². The van der Waals surface area contributed by atoms with Crippen LogP contribution in [-0.4, -0.2) is 25.0 Å². The lowest BCUT2D eigenvalue weighted by molar-refractivity contribution is -0.156. The lowest BCUT2D eigenvalue weighted by atomic mass is 9.44. The normalized spacial score (nSPS) is 50.1. The highest BCUT2D eigenvalue weighted by atomic mass is 16.2. The van der Waals surface area contributed by atoms with Crippen molar-refractivity contribution in [2.24, 2.45) is 22.7 Å². The quantitative estimate of drug-likeness (QED) is 0.780. The average molecular weight is 248 g/mol. The number of rotatable bonds is 2. The summed E-state index contributed by atoms with van der Waals surface area (Å²) in [5.41, 5.74) is 0.480. The molecule has 0 aromatic carbocycles. The van der Waals surface area contributed by atoms with E-state index in [4.69, 9.17) is 0 Å². The Kier molecular flexibility index (Phi) is 2.19. The van der Waals surface area contributed by atoms with E-state index in [1.54, 1.807) is 0 Å². The van der Waals surface area contributed by atoms with Crippen LogP contribution in [0.5, 0.6) is 0 Å². The van der Waals surface area contributed by atoms with Gasteiger partial charge in [0.15, 0.2) is 0 Å². The Morgan fingerprint density at radius 2 is 1.83 bits per heavy atom. The van der Waals surface area contributed by atoms with Gasteiger partial charge in [-0.15, -0.1) is 0 Å². The van der Waals surface area contributed by atoms with Crippen LogP contribution >= 0.6 is 0 Å². The van der Waals surface area contributed by atoms with Gasteiger partial charge in [-0.1, -0.05) is 6.92 Å². The van der Waals surface area contributed by atoms with Crippen molar-refractivity contribution in [1.29, 1.82) is 0 Å². The molecule has 1 saturated heterocycles. The Labute approximate surface area is 109 Å². The molecule has 3 heteroatoms. The third-order valence-electron chi connectivity index (χ3n) is 5.95. The van der Waals surface area contributed by atoms with Gasteiger partial charge in [0.25, 0.3) is 0 Å². The van der Waals surface area contributed by atoms with E-state index in [0.717, 1.165) is 31.3 Å². The van der Waals surface area contributed by atoms with Gasteiger partial charge in [0.05, 0.1) is 11.5 Å². The molecule has 2 atom stereocenters. The second-order valence-corrected chi connectivity index (χ2v) is 7.88. The molecule has 0 spiro atoms. The predicted molar refractivity (Wildman–Crippen MR) is 70.0 cm³/mol. The number of carbonyl (C=O) groups is 1. The van der Waals surface area contributed by atoms with Crippen molar-refractivity contribution in [2.45, 2.75) is 51.5 Å². The Morgan fingerprint density at radius 3 is 2.33 bits per heavy atom. The monoisotopic (exact) mass is 248 g/mol. The molecule has 3 nitrogen and oxygen atoms in total. The number of amides is 1. The minimum Gasteiger partial charge on any atom is -0.350 e. The zero-order chi connectivity index (χ0) is 12.4. The molecular formula is C15H24N2O. The Bertz CT molecular complexity index is 374. The van der Waals surface area contributed by atoms with Gasteiger partial charge in [-0.05, 0) is 55.8 Å². The summed E-state index contributed by atoms with van der Waals surface area (Å²) < 4.78 is 0. The van der Waals surface area contributed by atoms with E-state index in [1.165, 1.54) is 32.1 Å². The van der Waals surface area contributed by atoms with Gasteiger partial charge in [-0.2, -0.15) is 0 Å². The van der Waals surface area contributed by atoms with Gasteiger partial charge in [-0.25, -0.2) is 0 Å². The summed E-state index contributed by atoms with van der Waals surface area (Å²) in [4.78, 5) is 12.7. The summed E-state index contributed by atoms with van der Waals surface area (Å²) in [5, 5.41) is 6.52. The highest BCUT2D eigenvalue weighted by Crippen LogP contribution is 2.65. The molecule has 18 heavy (non-hydrogen) atoms. The van der Waals surface area contributed by atoms with E-state index >= 15 is 0 Å². The fourth-order valence-electron chi connectivity index (χ4n) is 5.72. The summed E-state index contributed by atoms with van der Waals surface area (Å²) in [6.07, 6.45) is 7.65. The lowest BCUT2D eigenvalue weighted by Crippen LogP contribution is -2.63. The van der Waals surface area contributed by atoms with Crippen molar-refractivity contribution in [3.05, 3.63) is 0 Å². The number of hydrogen-bond acceptors (Lipinski definition) is 2. The van der Waals surface area contributed by atoms with Gasteiger partial charge in [0.1, 0.15) is 0 Å². The van der Waals surface area contributed by atoms with Gasteiger partial charge < -0.3 is 10.6 Å². The Morgan fingerprint density at radius 1 is 1.17 bits per heavy atom. The van der Waals surface area contributed by atoms with Crippen LogP contribution in [0.2, 0.25) is 0 Å². The van der Waals surface area contributed by atoms with Gasteiger partial charge in [0, 0.05) is 13.1 Å². The summed E-state index contributed by atoms with van der Waals surface area (Å²) in [6, 6.07) is 0.401. The van der Waals surface area contributed by atoms with Crippen LogP contribution < -0.4 is 10.6 Å². The molecule has 1 amide bonds. The molecule has 100 valence electrons. The van der Waals surface area contributed by atoms with E-state index in [2.05, 4.69) is 17.6 Å². The third-order valence-corrected chi connectivity index (χ3v) is 5.95. The largest absolute Gasteiger partial charge is 0.350 e. The molecule has 2 unspecified atom stereocenters. The molecule has 1 heterocycles. The van der Waals surface area contributed by atoms with Crippen molar-refractivity contribution in [3.8, 4) is 0 Å². The molecular weight excluding hydrogens is 224 g/mol. The summed E-state index contributed by atoms with van der Waals surface area (Å²) >= 11 is 0. The molecule has 0 radical (unpaired) electrons. The maximum absolute atomic E-state index is 12.7. The zero-order valence-electron chi connectivity index (χ0n) is 11.3. The van der Waals surface area contributed by atoms with Crippen molar-refractivity contribution < 1.29 is 4.79 Å². The lowest BCUT2D eigenvalue weighted by Gasteiger charge is -2.60. The minimum atomic E-state index is 0.00836. The molecule has 0 aromatic heterocycles. The summed E-state index contributed by atoms with van der Waals surface area (Å²) in [5.74, 6) is 2.05. The SMILES string of the molecule is CC12CC3CC(C1)CC(C(=O)NC1CNC1)(C3)C2. The number of hydrogen-bond donors (Lipinski definition) is 2. The molecule has 4 aliphatic carbocycles. The fraction of sp³-hybridized carbons (Fsp3) is 0.933. The molecule has 2 N–H and O–H groups in total. The first-order valence-electron chi connectivity index (χ1n) is 7.59. The summed E-state index contributed by atoms with van der Waals surface area (Å²) in [6.45, 7) is 4.36. The molecule has 4 saturated carbocycles. The smallest absolute Gasteiger partial charge is 0.226 e. The van der Waals surface area contributed by atoms with E-state index < -0.39 is 0 Å². The van der Waals surface area contributed by atoms with Crippen molar-refractivity contribution in [2.75, 3.05) is 13.1 Å². The molecule has 0 aromatic rings. The second kappa shape index (κ2) is 3.50. The summed E-state index contributed by atoms with van der Waals surface area (Å²) in [7, 11) is 0. The van der Waals surface area contributed by atoms with Crippen LogP contribution in [0.4, 0.5) is 0 Å². The number of nitrogens with one attached hydrogen (secondary N) is 2. The van der Waals surface area contributed by atoms with E-state index in [9.17, 15) is 4.79 Å². The zero-order valence-corrected chi connectivity index (χ0v) is 11.3. The van der Waals surface area contributed by atoms with Crippen molar-refractivity contribution in [1.82, 2.24) is 10.6 Å². The second-order valence-electron chi connectivity index (χ2n) is 7.88. The Hall–Kier alpha value is -0.570. The standard InChI is InChI=1S/C15H24N2O/c1-14-3-10-2-11(4-14)6-15(5-10,9-14)13(18)17-12-7-16-8-12/h10-12,16H,2-9H2,1H3,(H,17,18). The average Bonchev–Trinajstić information content (AvgIpc) is 2.19. The first-order valence-corrected chi connectivity index (χ1v) is 7.59. The fourth-order valence-corrected chi connectivity index (χ4v) is 5.72. The van der Waals surface area contributed by atoms with Crippen LogP contribution in [0.1, 0.15) is 45.4 Å². The highest BCUT2D eigenvalue weighted by Gasteiger charge is 2.58. The molecule has 5 rings (SSSR count). The first kappa shape index (κ1) is 11.3. The van der Waals surface area contributed by atoms with Crippen LogP contribution in [0.3, 0.4) is 0 Å². The van der Waals surface area contributed by atoms with Crippen LogP contribution in [0.25, 0.3) is 0 Å². The molecule has 1 aliphatic heterocycles. The predicted octanol–water partition coefficient (Wildman–Crippen LogP) is 1.68. The van der Waals surface area contributed by atoms with Crippen LogP contribution in [0.15, 0.2) is 0 Å². The van der Waals surface area contributed by atoms with E-state index in [0.29, 0.717) is 17.4 Å². The maximum atomic E-state index is 12.7. The van der Waals surface area contributed by atoms with Crippen molar-refractivity contribution in [3.63, 3.8) is 0 Å². The van der Waals surface area contributed by atoms with Crippen molar-refractivity contribution >= 4 is 5.91 Å². The maximum Gasteiger partial charge on any atom is 0.226 e. The topological polar surface area (TPSA) is 41.1 Å². The van der Waals surface area contributed by atoms with Crippen LogP contribution in [0, 0.1) is 22.7 Å². The first-order chi connectivity index (χ1) is 8.57. The van der Waals surface area contributed by atoms with Gasteiger partial charge >= 0.3 is 0 Å². The number of carbonyl (C=O) groups excluding carboxylic acids is 1. The van der Waals surface area contributed by atoms with Crippen LogP contribution in [-0.2, 0) is 4.79 Å². The van der Waals surface area contributed by atoms with Gasteiger partial charge in [-0.3, -0.25) is 4.79 Å². The minimum absolute atomic E-state index is 0.00836.